The zero-order valence-corrected chi connectivity index (χ0v) is 15.5. The molecular formula is C19H36O6. The lowest BCUT2D eigenvalue weighted by molar-refractivity contribution is -0.229. The van der Waals surface area contributed by atoms with Crippen LogP contribution < -0.4 is 0 Å². The number of hydrogen-bond acceptors (Lipinski definition) is 6. The van der Waals surface area contributed by atoms with Crippen LogP contribution in [-0.2, 0) is 9.53 Å². The van der Waals surface area contributed by atoms with Crippen molar-refractivity contribution in [3.8, 4) is 0 Å². The van der Waals surface area contributed by atoms with Crippen molar-refractivity contribution < 1.29 is 30.0 Å². The Morgan fingerprint density at radius 2 is 1.32 bits per heavy atom. The highest BCUT2D eigenvalue weighted by atomic mass is 16.5. The third-order valence-electron chi connectivity index (χ3n) is 4.98. The Labute approximate surface area is 151 Å². The van der Waals surface area contributed by atoms with Gasteiger partial charge >= 0.3 is 0 Å². The number of carbonyl (C=O) groups is 1. The van der Waals surface area contributed by atoms with Crippen LogP contribution in [0.5, 0.6) is 0 Å². The van der Waals surface area contributed by atoms with Crippen molar-refractivity contribution in [2.45, 2.75) is 108 Å². The molecule has 25 heavy (non-hydrogen) atoms. The first-order chi connectivity index (χ1) is 12.0. The fraction of sp³-hybridized carbons (Fsp3) is 0.947. The molecule has 1 saturated heterocycles. The maximum absolute atomic E-state index is 12.0. The first kappa shape index (κ1) is 22.5. The second kappa shape index (κ2) is 12.8. The van der Waals surface area contributed by atoms with Gasteiger partial charge in [0, 0.05) is 12.8 Å². The number of rotatable bonds is 13. The predicted octanol–water partition coefficient (Wildman–Crippen LogP) is 1.71. The molecule has 0 radical (unpaired) electrons. The Morgan fingerprint density at radius 1 is 0.800 bits per heavy atom. The van der Waals surface area contributed by atoms with E-state index in [-0.39, 0.29) is 12.2 Å². The molecule has 0 unspecified atom stereocenters. The summed E-state index contributed by atoms with van der Waals surface area (Å²) < 4.78 is 5.36. The van der Waals surface area contributed by atoms with Crippen molar-refractivity contribution in [1.82, 2.24) is 0 Å². The van der Waals surface area contributed by atoms with Crippen molar-refractivity contribution in [1.29, 1.82) is 0 Å². The average Bonchev–Trinajstić information content (AvgIpc) is 2.60. The van der Waals surface area contributed by atoms with Gasteiger partial charge in [0.15, 0.2) is 0 Å². The third-order valence-corrected chi connectivity index (χ3v) is 4.98. The van der Waals surface area contributed by atoms with Gasteiger partial charge in [-0.15, -0.1) is 0 Å². The molecule has 148 valence electrons. The fourth-order valence-electron chi connectivity index (χ4n) is 3.31. The molecular weight excluding hydrogens is 324 g/mol. The van der Waals surface area contributed by atoms with Crippen LogP contribution in [0, 0.1) is 0 Å². The molecule has 6 heteroatoms. The summed E-state index contributed by atoms with van der Waals surface area (Å²) in [4.78, 5) is 12.0. The number of Topliss-reactive ketones (excluding diaryl/α,β-unsaturated/α-hetero) is 1. The van der Waals surface area contributed by atoms with Crippen LogP contribution in [0.1, 0.15) is 77.6 Å². The molecule has 1 heterocycles. The maximum Gasteiger partial charge on any atom is 0.135 e. The molecule has 1 rings (SSSR count). The summed E-state index contributed by atoms with van der Waals surface area (Å²) in [7, 11) is 0. The van der Waals surface area contributed by atoms with Crippen LogP contribution in [0.2, 0.25) is 0 Å². The van der Waals surface area contributed by atoms with Crippen LogP contribution in [0.4, 0.5) is 0 Å². The van der Waals surface area contributed by atoms with Crippen LogP contribution >= 0.6 is 0 Å². The van der Waals surface area contributed by atoms with Gasteiger partial charge in [-0.1, -0.05) is 58.3 Å². The van der Waals surface area contributed by atoms with E-state index < -0.39 is 37.1 Å². The molecule has 0 aromatic rings. The molecule has 1 fully saturated rings. The number of ketones is 1. The minimum Gasteiger partial charge on any atom is -0.394 e. The number of unbranched alkanes of at least 4 members (excludes halogenated alkanes) is 8. The van der Waals surface area contributed by atoms with Gasteiger partial charge in [0.25, 0.3) is 0 Å². The van der Waals surface area contributed by atoms with Crippen molar-refractivity contribution >= 4 is 5.78 Å². The highest BCUT2D eigenvalue weighted by Crippen LogP contribution is 2.24. The van der Waals surface area contributed by atoms with Gasteiger partial charge in [-0.3, -0.25) is 4.79 Å². The predicted molar refractivity (Wildman–Crippen MR) is 95.2 cm³/mol. The molecule has 5 atom stereocenters. The minimum atomic E-state index is -1.41. The monoisotopic (exact) mass is 360 g/mol. The van der Waals surface area contributed by atoms with E-state index in [1.165, 1.54) is 38.5 Å². The van der Waals surface area contributed by atoms with Crippen molar-refractivity contribution in [2.24, 2.45) is 0 Å². The summed E-state index contributed by atoms with van der Waals surface area (Å²) in [6, 6.07) is 0. The number of aliphatic hydroxyl groups is 4. The van der Waals surface area contributed by atoms with E-state index in [1.807, 2.05) is 0 Å². The molecule has 0 bridgehead atoms. The molecule has 1 aliphatic heterocycles. The molecule has 0 spiro atoms. The Balaban J connectivity index is 2.15. The Hall–Kier alpha value is -0.530. The first-order valence-corrected chi connectivity index (χ1v) is 9.83. The maximum atomic E-state index is 12.0. The van der Waals surface area contributed by atoms with Gasteiger partial charge in [-0.05, 0) is 6.42 Å². The molecule has 1 aliphatic rings. The van der Waals surface area contributed by atoms with Crippen molar-refractivity contribution in [2.75, 3.05) is 6.61 Å². The summed E-state index contributed by atoms with van der Waals surface area (Å²) in [5, 5.41) is 38.5. The molecule has 0 aromatic carbocycles. The standard InChI is InChI=1S/C19H36O6/c1-2-3-4-5-6-7-8-9-10-11-14(21)12-15-17(22)19(24)18(23)16(13-20)25-15/h15-20,22-24H,2-13H2,1H3/t15-,16-,17+,18+,19-/m1/s1. The zero-order chi connectivity index (χ0) is 18.7. The lowest BCUT2D eigenvalue weighted by atomic mass is 9.92. The van der Waals surface area contributed by atoms with Crippen LogP contribution in [0.3, 0.4) is 0 Å². The van der Waals surface area contributed by atoms with Crippen molar-refractivity contribution in [3.63, 3.8) is 0 Å². The van der Waals surface area contributed by atoms with Crippen LogP contribution in [-0.4, -0.2) is 63.3 Å². The minimum absolute atomic E-state index is 0.00152. The van der Waals surface area contributed by atoms with E-state index in [4.69, 9.17) is 9.84 Å². The van der Waals surface area contributed by atoms with E-state index in [0.717, 1.165) is 19.3 Å². The quantitative estimate of drug-likeness (QED) is 0.373. The van der Waals surface area contributed by atoms with E-state index in [2.05, 4.69) is 6.92 Å². The van der Waals surface area contributed by atoms with E-state index in [9.17, 15) is 20.1 Å². The number of hydrogen-bond donors (Lipinski definition) is 4. The summed E-state index contributed by atoms with van der Waals surface area (Å²) >= 11 is 0. The van der Waals surface area contributed by atoms with Gasteiger partial charge in [-0.2, -0.15) is 0 Å². The highest BCUT2D eigenvalue weighted by molar-refractivity contribution is 5.78. The van der Waals surface area contributed by atoms with Gasteiger partial charge < -0.3 is 25.2 Å². The smallest absolute Gasteiger partial charge is 0.135 e. The van der Waals surface area contributed by atoms with Crippen LogP contribution in [0.15, 0.2) is 0 Å². The molecule has 6 nitrogen and oxygen atoms in total. The second-order valence-corrected chi connectivity index (χ2v) is 7.19. The highest BCUT2D eigenvalue weighted by Gasteiger charge is 2.43. The van der Waals surface area contributed by atoms with E-state index in [0.29, 0.717) is 6.42 Å². The fourth-order valence-corrected chi connectivity index (χ4v) is 3.31. The average molecular weight is 360 g/mol. The largest absolute Gasteiger partial charge is 0.394 e. The molecule has 0 aliphatic carbocycles. The van der Waals surface area contributed by atoms with Crippen molar-refractivity contribution in [3.05, 3.63) is 0 Å². The number of aliphatic hydroxyl groups excluding tert-OH is 4. The van der Waals surface area contributed by atoms with E-state index >= 15 is 0 Å². The summed E-state index contributed by atoms with van der Waals surface area (Å²) in [5.74, 6) is -0.0210. The lowest BCUT2D eigenvalue weighted by Gasteiger charge is -2.39. The Bertz CT molecular complexity index is 360. The second-order valence-electron chi connectivity index (χ2n) is 7.19. The molecule has 0 amide bonds. The summed E-state index contributed by atoms with van der Waals surface area (Å²) in [6.07, 6.45) is 5.17. The molecule has 0 saturated carbocycles. The Kier molecular flexibility index (Phi) is 11.5. The number of carbonyl (C=O) groups excluding carboxylic acids is 1. The summed E-state index contributed by atoms with van der Waals surface area (Å²) in [6.45, 7) is 1.75. The first-order valence-electron chi connectivity index (χ1n) is 9.83. The number of ether oxygens (including phenoxy) is 1. The van der Waals surface area contributed by atoms with E-state index in [1.54, 1.807) is 0 Å². The topological polar surface area (TPSA) is 107 Å². The normalized spacial score (nSPS) is 29.7. The lowest BCUT2D eigenvalue weighted by Crippen LogP contribution is -2.58. The summed E-state index contributed by atoms with van der Waals surface area (Å²) in [5.41, 5.74) is 0. The molecule has 4 N–H and O–H groups in total. The van der Waals surface area contributed by atoms with Gasteiger partial charge in [0.05, 0.1) is 12.7 Å². The van der Waals surface area contributed by atoms with Gasteiger partial charge in [-0.25, -0.2) is 0 Å². The van der Waals surface area contributed by atoms with Gasteiger partial charge in [0.1, 0.15) is 30.2 Å². The van der Waals surface area contributed by atoms with Gasteiger partial charge in [0.2, 0.25) is 0 Å². The third kappa shape index (κ3) is 8.13. The SMILES string of the molecule is CCCCCCCCCCCC(=O)C[C@H]1O[C@H](CO)[C@H](O)[C@H](O)[C@H]1O. The zero-order valence-electron chi connectivity index (χ0n) is 15.5. The van der Waals surface area contributed by atoms with Crippen LogP contribution in [0.25, 0.3) is 0 Å². The Morgan fingerprint density at radius 3 is 1.88 bits per heavy atom. The molecule has 0 aromatic heterocycles.